The van der Waals surface area contributed by atoms with Gasteiger partial charge >= 0.3 is 6.09 Å². The minimum Gasteiger partial charge on any atom is -0.445 e. The first-order valence-corrected chi connectivity index (χ1v) is 6.89. The molecule has 0 aromatic heterocycles. The standard InChI is InChI=1S/C13H16ClN5O3/c1-9(17-18-15)12(20)16-11-5-3-10(4-6-11)7-22-13(21)19(2)8-14/h3-6,9H,7-8H2,1-2H3,(H,16,20). The van der Waals surface area contributed by atoms with Crippen molar-refractivity contribution in [3.63, 3.8) is 0 Å². The second-order valence-corrected chi connectivity index (χ2v) is 4.68. The molecule has 1 aromatic rings. The summed E-state index contributed by atoms with van der Waals surface area (Å²) >= 11 is 5.50. The van der Waals surface area contributed by atoms with Crippen LogP contribution in [-0.4, -0.2) is 36.0 Å². The third-order valence-corrected chi connectivity index (χ3v) is 3.04. The van der Waals surface area contributed by atoms with Crippen molar-refractivity contribution >= 4 is 29.3 Å². The number of azide groups is 1. The normalized spacial score (nSPS) is 11.0. The number of carbonyl (C=O) groups excluding carboxylic acids is 2. The molecule has 9 heteroatoms. The molecule has 22 heavy (non-hydrogen) atoms. The average Bonchev–Trinajstić information content (AvgIpc) is 2.53. The lowest BCUT2D eigenvalue weighted by Crippen LogP contribution is -2.25. The molecule has 1 atom stereocenters. The smallest absolute Gasteiger partial charge is 0.410 e. The lowest BCUT2D eigenvalue weighted by molar-refractivity contribution is -0.117. The Bertz CT molecular complexity index is 572. The Morgan fingerprint density at radius 3 is 2.64 bits per heavy atom. The first kappa shape index (κ1) is 17.6. The summed E-state index contributed by atoms with van der Waals surface area (Å²) in [6.45, 7) is 1.60. The van der Waals surface area contributed by atoms with Gasteiger partial charge in [0.2, 0.25) is 5.91 Å². The Labute approximate surface area is 132 Å². The summed E-state index contributed by atoms with van der Waals surface area (Å²) < 4.78 is 5.03. The van der Waals surface area contributed by atoms with E-state index in [2.05, 4.69) is 15.3 Å². The molecule has 0 saturated carbocycles. The Kier molecular flexibility index (Phi) is 7.01. The molecule has 1 rings (SSSR count). The van der Waals surface area contributed by atoms with Crippen molar-refractivity contribution in [1.29, 1.82) is 0 Å². The van der Waals surface area contributed by atoms with E-state index in [9.17, 15) is 9.59 Å². The Morgan fingerprint density at radius 1 is 1.45 bits per heavy atom. The van der Waals surface area contributed by atoms with Gasteiger partial charge in [-0.1, -0.05) is 17.2 Å². The van der Waals surface area contributed by atoms with Gasteiger partial charge in [0.05, 0.1) is 6.00 Å². The molecule has 0 aliphatic heterocycles. The fraction of sp³-hybridized carbons (Fsp3) is 0.385. The summed E-state index contributed by atoms with van der Waals surface area (Å²) in [5.41, 5.74) is 9.59. The van der Waals surface area contributed by atoms with Crippen molar-refractivity contribution in [2.75, 3.05) is 18.4 Å². The minimum atomic E-state index is -0.795. The summed E-state index contributed by atoms with van der Waals surface area (Å²) in [6, 6.07) is 6.00. The SMILES string of the molecule is CC(N=[N+]=[N-])C(=O)Nc1ccc(COC(=O)N(C)CCl)cc1. The second kappa shape index (κ2) is 8.76. The molecule has 0 aliphatic rings. The van der Waals surface area contributed by atoms with Crippen LogP contribution >= 0.6 is 11.6 Å². The first-order chi connectivity index (χ1) is 10.5. The Morgan fingerprint density at radius 2 is 2.09 bits per heavy atom. The van der Waals surface area contributed by atoms with E-state index in [1.165, 1.54) is 18.9 Å². The second-order valence-electron chi connectivity index (χ2n) is 4.44. The van der Waals surface area contributed by atoms with E-state index in [1.54, 1.807) is 24.3 Å². The predicted octanol–water partition coefficient (Wildman–Crippen LogP) is 3.09. The van der Waals surface area contributed by atoms with Crippen LogP contribution < -0.4 is 5.32 Å². The monoisotopic (exact) mass is 325 g/mol. The number of nitrogens with one attached hydrogen (secondary N) is 1. The number of carbonyl (C=O) groups is 2. The maximum atomic E-state index is 11.6. The topological polar surface area (TPSA) is 107 Å². The van der Waals surface area contributed by atoms with E-state index in [1.807, 2.05) is 0 Å². The van der Waals surface area contributed by atoms with Crippen molar-refractivity contribution < 1.29 is 14.3 Å². The highest BCUT2D eigenvalue weighted by molar-refractivity contribution is 6.18. The predicted molar refractivity (Wildman–Crippen MR) is 82.3 cm³/mol. The fourth-order valence-electron chi connectivity index (χ4n) is 1.36. The number of benzene rings is 1. The molecule has 1 aromatic carbocycles. The van der Waals surface area contributed by atoms with Crippen LogP contribution in [0.25, 0.3) is 10.4 Å². The Hall–Kier alpha value is -2.44. The van der Waals surface area contributed by atoms with Crippen LogP contribution in [0.3, 0.4) is 0 Å². The molecular weight excluding hydrogens is 310 g/mol. The molecule has 0 fully saturated rings. The van der Waals surface area contributed by atoms with Crippen molar-refractivity contribution in [3.8, 4) is 0 Å². The van der Waals surface area contributed by atoms with E-state index in [0.717, 1.165) is 5.56 Å². The van der Waals surface area contributed by atoms with Gasteiger partial charge in [0, 0.05) is 17.6 Å². The molecule has 0 aliphatic carbocycles. The zero-order valence-electron chi connectivity index (χ0n) is 12.2. The van der Waals surface area contributed by atoms with Crippen molar-refractivity contribution in [1.82, 2.24) is 4.90 Å². The highest BCUT2D eigenvalue weighted by Crippen LogP contribution is 2.12. The van der Waals surface area contributed by atoms with Crippen molar-refractivity contribution in [2.45, 2.75) is 19.6 Å². The molecule has 0 saturated heterocycles. The van der Waals surface area contributed by atoms with Crippen LogP contribution in [0.1, 0.15) is 12.5 Å². The molecular formula is C13H16ClN5O3. The molecule has 2 amide bonds. The summed E-state index contributed by atoms with van der Waals surface area (Å²) in [4.78, 5) is 26.9. The van der Waals surface area contributed by atoms with Crippen LogP contribution in [0.4, 0.5) is 10.5 Å². The third-order valence-electron chi connectivity index (χ3n) is 2.68. The van der Waals surface area contributed by atoms with Gasteiger partial charge in [0.1, 0.15) is 12.6 Å². The van der Waals surface area contributed by atoms with Crippen molar-refractivity contribution in [3.05, 3.63) is 40.3 Å². The van der Waals surface area contributed by atoms with Crippen LogP contribution in [0.15, 0.2) is 29.4 Å². The van der Waals surface area contributed by atoms with Crippen LogP contribution in [0.2, 0.25) is 0 Å². The summed E-state index contributed by atoms with van der Waals surface area (Å²) in [7, 11) is 1.53. The number of alkyl halides is 1. The van der Waals surface area contributed by atoms with Crippen molar-refractivity contribution in [2.24, 2.45) is 5.11 Å². The quantitative estimate of drug-likeness (QED) is 0.285. The first-order valence-electron chi connectivity index (χ1n) is 6.35. The van der Waals surface area contributed by atoms with Crippen LogP contribution in [-0.2, 0) is 16.1 Å². The molecule has 8 nitrogen and oxygen atoms in total. The molecule has 118 valence electrons. The summed E-state index contributed by atoms with van der Waals surface area (Å²) in [5, 5.41) is 5.92. The maximum Gasteiger partial charge on any atom is 0.410 e. The van der Waals surface area contributed by atoms with Gasteiger partial charge in [0.25, 0.3) is 0 Å². The minimum absolute atomic E-state index is 0.0488. The van der Waals surface area contributed by atoms with Gasteiger partial charge in [-0.2, -0.15) is 0 Å². The number of nitrogens with zero attached hydrogens (tertiary/aromatic N) is 4. The van der Waals surface area contributed by atoms with Gasteiger partial charge in [-0.05, 0) is 30.2 Å². The number of hydrogen-bond donors (Lipinski definition) is 1. The molecule has 0 spiro atoms. The largest absolute Gasteiger partial charge is 0.445 e. The average molecular weight is 326 g/mol. The zero-order valence-corrected chi connectivity index (χ0v) is 12.9. The Balaban J connectivity index is 2.54. The molecule has 1 N–H and O–H groups in total. The van der Waals surface area contributed by atoms with E-state index < -0.39 is 18.0 Å². The third kappa shape index (κ3) is 5.51. The van der Waals surface area contributed by atoms with Gasteiger partial charge in [0.15, 0.2) is 0 Å². The highest BCUT2D eigenvalue weighted by atomic mass is 35.5. The van der Waals surface area contributed by atoms with Gasteiger partial charge in [-0.15, -0.1) is 11.6 Å². The molecule has 1 unspecified atom stereocenters. The number of rotatable bonds is 6. The van der Waals surface area contributed by atoms with Crippen LogP contribution in [0.5, 0.6) is 0 Å². The lowest BCUT2D eigenvalue weighted by atomic mass is 10.2. The van der Waals surface area contributed by atoms with Gasteiger partial charge in [-0.25, -0.2) is 4.79 Å². The number of ether oxygens (including phenoxy) is 1. The summed E-state index contributed by atoms with van der Waals surface area (Å²) in [5.74, 6) is -0.402. The lowest BCUT2D eigenvalue weighted by Gasteiger charge is -2.13. The van der Waals surface area contributed by atoms with Crippen LogP contribution in [0, 0.1) is 0 Å². The molecule has 0 radical (unpaired) electrons. The van der Waals surface area contributed by atoms with Gasteiger partial charge in [-0.3, -0.25) is 9.69 Å². The number of hydrogen-bond acceptors (Lipinski definition) is 4. The van der Waals surface area contributed by atoms with E-state index in [0.29, 0.717) is 5.69 Å². The summed E-state index contributed by atoms with van der Waals surface area (Å²) in [6.07, 6.45) is -0.518. The zero-order chi connectivity index (χ0) is 16.5. The maximum absolute atomic E-state index is 11.6. The number of anilines is 1. The fourth-order valence-corrected chi connectivity index (χ4v) is 1.46. The molecule has 0 bridgehead atoms. The highest BCUT2D eigenvalue weighted by Gasteiger charge is 2.11. The van der Waals surface area contributed by atoms with Gasteiger partial charge < -0.3 is 10.1 Å². The van der Waals surface area contributed by atoms with E-state index in [-0.39, 0.29) is 12.6 Å². The number of halogens is 1. The van der Waals surface area contributed by atoms with E-state index in [4.69, 9.17) is 21.9 Å². The van der Waals surface area contributed by atoms with E-state index >= 15 is 0 Å². The number of amides is 2. The molecule has 0 heterocycles.